The average molecular weight is 291 g/mol. The van der Waals surface area contributed by atoms with Gasteiger partial charge in [-0.2, -0.15) is 0 Å². The number of carbonyl (C=O) groups excluding carboxylic acids is 2. The van der Waals surface area contributed by atoms with Crippen molar-refractivity contribution in [2.45, 2.75) is 52.6 Å². The molecule has 0 radical (unpaired) electrons. The highest BCUT2D eigenvalue weighted by Gasteiger charge is 2.10. The van der Waals surface area contributed by atoms with Gasteiger partial charge in [-0.15, -0.1) is 0 Å². The molecule has 5 nitrogen and oxygen atoms in total. The molecule has 1 aromatic rings. The Morgan fingerprint density at radius 1 is 1.24 bits per heavy atom. The Bertz CT molecular complexity index is 510. The predicted molar refractivity (Wildman–Crippen MR) is 85.3 cm³/mol. The first-order chi connectivity index (χ1) is 9.79. The molecule has 1 atom stereocenters. The number of aryl methyl sites for hydroxylation is 1. The molecule has 1 rings (SSSR count). The van der Waals surface area contributed by atoms with Gasteiger partial charge in [0.25, 0.3) is 5.91 Å². The first-order valence-corrected chi connectivity index (χ1v) is 7.26. The number of hydrogen-bond donors (Lipinski definition) is 3. The molecule has 21 heavy (non-hydrogen) atoms. The van der Waals surface area contributed by atoms with Gasteiger partial charge < -0.3 is 16.4 Å². The summed E-state index contributed by atoms with van der Waals surface area (Å²) in [6.45, 7) is 7.57. The van der Waals surface area contributed by atoms with Crippen LogP contribution in [0.5, 0.6) is 0 Å². The van der Waals surface area contributed by atoms with E-state index in [2.05, 4.69) is 10.6 Å². The van der Waals surface area contributed by atoms with Crippen LogP contribution in [-0.4, -0.2) is 23.9 Å². The highest BCUT2D eigenvalue weighted by Crippen LogP contribution is 2.17. The molecule has 5 heteroatoms. The summed E-state index contributed by atoms with van der Waals surface area (Å²) in [6.07, 6.45) is 1.05. The van der Waals surface area contributed by atoms with E-state index in [0.717, 1.165) is 11.3 Å². The van der Waals surface area contributed by atoms with Crippen molar-refractivity contribution in [3.63, 3.8) is 0 Å². The van der Waals surface area contributed by atoms with Gasteiger partial charge in [0.1, 0.15) is 0 Å². The van der Waals surface area contributed by atoms with E-state index in [1.54, 1.807) is 18.2 Å². The van der Waals surface area contributed by atoms with Gasteiger partial charge in [0, 0.05) is 29.8 Å². The van der Waals surface area contributed by atoms with Gasteiger partial charge in [-0.25, -0.2) is 0 Å². The van der Waals surface area contributed by atoms with E-state index < -0.39 is 0 Å². The highest BCUT2D eigenvalue weighted by atomic mass is 16.2. The molecule has 0 saturated carbocycles. The Morgan fingerprint density at radius 2 is 1.90 bits per heavy atom. The number of rotatable bonds is 6. The summed E-state index contributed by atoms with van der Waals surface area (Å²) < 4.78 is 0. The summed E-state index contributed by atoms with van der Waals surface area (Å²) >= 11 is 0. The van der Waals surface area contributed by atoms with Gasteiger partial charge in [0.15, 0.2) is 0 Å². The van der Waals surface area contributed by atoms with E-state index in [0.29, 0.717) is 18.4 Å². The lowest BCUT2D eigenvalue weighted by Gasteiger charge is -2.12. The molecule has 1 aromatic carbocycles. The van der Waals surface area contributed by atoms with Gasteiger partial charge in [-0.1, -0.05) is 0 Å². The number of hydrogen-bond acceptors (Lipinski definition) is 3. The molecule has 0 heterocycles. The fourth-order valence-corrected chi connectivity index (χ4v) is 1.86. The Kier molecular flexibility index (Phi) is 6.37. The highest BCUT2D eigenvalue weighted by molar-refractivity contribution is 5.96. The lowest BCUT2D eigenvalue weighted by atomic mass is 10.1. The van der Waals surface area contributed by atoms with Crippen LogP contribution in [0, 0.1) is 6.92 Å². The van der Waals surface area contributed by atoms with E-state index in [-0.39, 0.29) is 23.9 Å². The summed E-state index contributed by atoms with van der Waals surface area (Å²) in [6, 6.07) is 5.36. The second-order valence-corrected chi connectivity index (χ2v) is 5.72. The van der Waals surface area contributed by atoms with Crippen LogP contribution in [0.2, 0.25) is 0 Å². The number of carbonyl (C=O) groups is 2. The molecular weight excluding hydrogens is 266 g/mol. The number of anilines is 1. The van der Waals surface area contributed by atoms with Crippen LogP contribution in [0.15, 0.2) is 18.2 Å². The van der Waals surface area contributed by atoms with Crippen molar-refractivity contribution in [1.82, 2.24) is 5.32 Å². The third-order valence-electron chi connectivity index (χ3n) is 3.01. The van der Waals surface area contributed by atoms with Gasteiger partial charge in [-0.3, -0.25) is 9.59 Å². The lowest BCUT2D eigenvalue weighted by Crippen LogP contribution is -2.30. The molecule has 0 bridgehead atoms. The molecule has 0 aromatic heterocycles. The van der Waals surface area contributed by atoms with Crippen molar-refractivity contribution >= 4 is 17.5 Å². The van der Waals surface area contributed by atoms with Crippen LogP contribution < -0.4 is 16.4 Å². The van der Waals surface area contributed by atoms with Gasteiger partial charge in [0.2, 0.25) is 5.91 Å². The zero-order valence-electron chi connectivity index (χ0n) is 13.2. The first kappa shape index (κ1) is 17.2. The van der Waals surface area contributed by atoms with Crippen LogP contribution in [0.1, 0.15) is 49.5 Å². The van der Waals surface area contributed by atoms with Crippen molar-refractivity contribution in [3.8, 4) is 0 Å². The van der Waals surface area contributed by atoms with Gasteiger partial charge in [-0.05, 0) is 57.9 Å². The minimum absolute atomic E-state index is 0.0129. The molecule has 4 N–H and O–H groups in total. The largest absolute Gasteiger partial charge is 0.350 e. The maximum atomic E-state index is 11.9. The van der Waals surface area contributed by atoms with Crippen molar-refractivity contribution in [1.29, 1.82) is 0 Å². The van der Waals surface area contributed by atoms with E-state index in [9.17, 15) is 9.59 Å². The fourth-order valence-electron chi connectivity index (χ4n) is 1.86. The predicted octanol–water partition coefficient (Wildman–Crippen LogP) is 2.20. The Balaban J connectivity index is 2.70. The van der Waals surface area contributed by atoms with Crippen LogP contribution >= 0.6 is 0 Å². The average Bonchev–Trinajstić information content (AvgIpc) is 2.38. The zero-order chi connectivity index (χ0) is 16.0. The summed E-state index contributed by atoms with van der Waals surface area (Å²) in [5, 5.41) is 5.69. The van der Waals surface area contributed by atoms with Crippen LogP contribution in [0.3, 0.4) is 0 Å². The molecule has 1 unspecified atom stereocenters. The van der Waals surface area contributed by atoms with Gasteiger partial charge >= 0.3 is 0 Å². The third-order valence-corrected chi connectivity index (χ3v) is 3.01. The fraction of sp³-hybridized carbons (Fsp3) is 0.500. The molecule has 0 saturated heterocycles. The monoisotopic (exact) mass is 291 g/mol. The quantitative estimate of drug-likeness (QED) is 0.751. The molecule has 0 spiro atoms. The van der Waals surface area contributed by atoms with Gasteiger partial charge in [0.05, 0.1) is 0 Å². The summed E-state index contributed by atoms with van der Waals surface area (Å²) in [4.78, 5) is 23.7. The molecule has 2 amide bonds. The van der Waals surface area contributed by atoms with E-state index in [1.807, 2.05) is 27.7 Å². The first-order valence-electron chi connectivity index (χ1n) is 7.26. The SMILES string of the molecule is Cc1cc(C(=O)NC(C)C)ccc1NC(=O)CCC(C)N. The molecule has 0 fully saturated rings. The topological polar surface area (TPSA) is 84.2 Å². The lowest BCUT2D eigenvalue weighted by molar-refractivity contribution is -0.116. The summed E-state index contributed by atoms with van der Waals surface area (Å²) in [5.74, 6) is -0.169. The van der Waals surface area contributed by atoms with Crippen molar-refractivity contribution in [2.75, 3.05) is 5.32 Å². The normalized spacial score (nSPS) is 12.1. The number of amides is 2. The maximum absolute atomic E-state index is 11.9. The molecule has 116 valence electrons. The number of nitrogens with two attached hydrogens (primary N) is 1. The number of benzene rings is 1. The number of nitrogens with one attached hydrogen (secondary N) is 2. The van der Waals surface area contributed by atoms with Crippen LogP contribution in [0.25, 0.3) is 0 Å². The zero-order valence-corrected chi connectivity index (χ0v) is 13.2. The Labute approximate surface area is 126 Å². The third kappa shape index (κ3) is 5.95. The molecule has 0 aliphatic carbocycles. The van der Waals surface area contributed by atoms with E-state index in [4.69, 9.17) is 5.73 Å². The Morgan fingerprint density at radius 3 is 2.43 bits per heavy atom. The second-order valence-electron chi connectivity index (χ2n) is 5.72. The smallest absolute Gasteiger partial charge is 0.251 e. The molecule has 0 aliphatic heterocycles. The van der Waals surface area contributed by atoms with Crippen molar-refractivity contribution in [2.24, 2.45) is 5.73 Å². The minimum atomic E-state index is -0.108. The molecular formula is C16H25N3O2. The van der Waals surface area contributed by atoms with Crippen molar-refractivity contribution < 1.29 is 9.59 Å². The summed E-state index contributed by atoms with van der Waals surface area (Å²) in [5.41, 5.74) is 7.81. The Hall–Kier alpha value is -1.88. The van der Waals surface area contributed by atoms with Crippen molar-refractivity contribution in [3.05, 3.63) is 29.3 Å². The second kappa shape index (κ2) is 7.78. The summed E-state index contributed by atoms with van der Waals surface area (Å²) in [7, 11) is 0. The van der Waals surface area contributed by atoms with Crippen LogP contribution in [-0.2, 0) is 4.79 Å². The van der Waals surface area contributed by atoms with E-state index in [1.165, 1.54) is 0 Å². The minimum Gasteiger partial charge on any atom is -0.350 e. The standard InChI is InChI=1S/C16H25N3O2/c1-10(2)18-16(21)13-6-7-14(11(3)9-13)19-15(20)8-5-12(4)17/h6-7,9-10,12H,5,8,17H2,1-4H3,(H,18,21)(H,19,20). The van der Waals surface area contributed by atoms with Crippen LogP contribution in [0.4, 0.5) is 5.69 Å². The molecule has 0 aliphatic rings. The van der Waals surface area contributed by atoms with E-state index >= 15 is 0 Å². The maximum Gasteiger partial charge on any atom is 0.251 e.